The first-order chi connectivity index (χ1) is 11.7. The van der Waals surface area contributed by atoms with Crippen LogP contribution in [0, 0.1) is 11.3 Å². The van der Waals surface area contributed by atoms with Crippen molar-refractivity contribution >= 4 is 45.8 Å². The lowest BCUT2D eigenvalue weighted by atomic mass is 10.2. The Labute approximate surface area is 153 Å². The van der Waals surface area contributed by atoms with Crippen molar-refractivity contribution in [3.05, 3.63) is 75.2 Å². The number of rotatable bonds is 4. The molecule has 3 aromatic rings. The van der Waals surface area contributed by atoms with Gasteiger partial charge in [0, 0.05) is 27.9 Å². The highest BCUT2D eigenvalue weighted by Gasteiger charge is 2.11. The number of halogens is 2. The van der Waals surface area contributed by atoms with Crippen LogP contribution < -0.4 is 5.32 Å². The van der Waals surface area contributed by atoms with E-state index in [1.54, 1.807) is 18.3 Å². The SMILES string of the molecule is N#C/C(=C\Nc1ccccc1)c1nc(-c2ccc(Cl)cc2Cl)cs1. The lowest BCUT2D eigenvalue weighted by molar-refractivity contribution is 1.36. The van der Waals surface area contributed by atoms with Gasteiger partial charge in [0.1, 0.15) is 16.6 Å². The molecule has 3 rings (SSSR count). The summed E-state index contributed by atoms with van der Waals surface area (Å²) in [5, 5.41) is 16.1. The Balaban J connectivity index is 1.87. The molecule has 0 saturated carbocycles. The van der Waals surface area contributed by atoms with Gasteiger partial charge in [-0.05, 0) is 30.3 Å². The number of hydrogen-bond donors (Lipinski definition) is 1. The number of nitriles is 1. The Bertz CT molecular complexity index is 927. The zero-order valence-electron chi connectivity index (χ0n) is 12.3. The van der Waals surface area contributed by atoms with Gasteiger partial charge in [-0.25, -0.2) is 4.98 Å². The van der Waals surface area contributed by atoms with Crippen LogP contribution in [0.3, 0.4) is 0 Å². The molecule has 2 aromatic carbocycles. The van der Waals surface area contributed by atoms with Crippen LogP contribution in [0.5, 0.6) is 0 Å². The molecule has 1 aromatic heterocycles. The molecule has 24 heavy (non-hydrogen) atoms. The van der Waals surface area contributed by atoms with Crippen LogP contribution in [0.4, 0.5) is 5.69 Å². The van der Waals surface area contributed by atoms with Gasteiger partial charge in [0.15, 0.2) is 0 Å². The summed E-state index contributed by atoms with van der Waals surface area (Å²) in [6.07, 6.45) is 1.65. The molecule has 0 amide bonds. The van der Waals surface area contributed by atoms with Gasteiger partial charge in [-0.2, -0.15) is 5.26 Å². The maximum absolute atomic E-state index is 9.39. The highest BCUT2D eigenvalue weighted by molar-refractivity contribution is 7.11. The first-order valence-corrected chi connectivity index (χ1v) is 8.64. The van der Waals surface area contributed by atoms with Crippen LogP contribution in [-0.2, 0) is 0 Å². The lowest BCUT2D eigenvalue weighted by Gasteiger charge is -2.01. The van der Waals surface area contributed by atoms with Gasteiger partial charge >= 0.3 is 0 Å². The predicted octanol–water partition coefficient (Wildman–Crippen LogP) is 6.09. The van der Waals surface area contributed by atoms with Crippen molar-refractivity contribution in [3.63, 3.8) is 0 Å². The Morgan fingerprint density at radius 1 is 1.17 bits per heavy atom. The highest BCUT2D eigenvalue weighted by atomic mass is 35.5. The van der Waals surface area contributed by atoms with Crippen LogP contribution in [0.1, 0.15) is 5.01 Å². The number of thiazole rings is 1. The van der Waals surface area contributed by atoms with Crippen molar-refractivity contribution in [3.8, 4) is 17.3 Å². The van der Waals surface area contributed by atoms with E-state index in [2.05, 4.69) is 16.4 Å². The molecule has 0 saturated heterocycles. The summed E-state index contributed by atoms with van der Waals surface area (Å²) in [7, 11) is 0. The van der Waals surface area contributed by atoms with E-state index in [9.17, 15) is 5.26 Å². The van der Waals surface area contributed by atoms with Gasteiger partial charge in [-0.1, -0.05) is 41.4 Å². The predicted molar refractivity (Wildman–Crippen MR) is 101 cm³/mol. The lowest BCUT2D eigenvalue weighted by Crippen LogP contribution is -1.90. The van der Waals surface area contributed by atoms with Crippen molar-refractivity contribution in [2.45, 2.75) is 0 Å². The van der Waals surface area contributed by atoms with Crippen LogP contribution in [0.15, 0.2) is 60.1 Å². The van der Waals surface area contributed by atoms with Crippen molar-refractivity contribution in [2.75, 3.05) is 5.32 Å². The first-order valence-electron chi connectivity index (χ1n) is 7.00. The van der Waals surface area contributed by atoms with E-state index in [4.69, 9.17) is 23.2 Å². The van der Waals surface area contributed by atoms with Crippen LogP contribution >= 0.6 is 34.5 Å². The molecule has 0 aliphatic heterocycles. The van der Waals surface area contributed by atoms with Crippen molar-refractivity contribution in [1.82, 2.24) is 4.98 Å². The second kappa shape index (κ2) is 7.50. The summed E-state index contributed by atoms with van der Waals surface area (Å²) < 4.78 is 0. The summed E-state index contributed by atoms with van der Waals surface area (Å²) in [5.74, 6) is 0. The van der Waals surface area contributed by atoms with E-state index in [1.165, 1.54) is 11.3 Å². The van der Waals surface area contributed by atoms with E-state index >= 15 is 0 Å². The van der Waals surface area contributed by atoms with Crippen molar-refractivity contribution < 1.29 is 0 Å². The summed E-state index contributed by atoms with van der Waals surface area (Å²) in [5.41, 5.74) is 2.87. The monoisotopic (exact) mass is 371 g/mol. The molecule has 0 spiro atoms. The maximum atomic E-state index is 9.39. The zero-order chi connectivity index (χ0) is 16.9. The Hall–Kier alpha value is -2.32. The molecule has 6 heteroatoms. The second-order valence-electron chi connectivity index (χ2n) is 4.84. The number of anilines is 1. The topological polar surface area (TPSA) is 48.7 Å². The average molecular weight is 372 g/mol. The summed E-state index contributed by atoms with van der Waals surface area (Å²) in [6.45, 7) is 0. The van der Waals surface area contributed by atoms with E-state index < -0.39 is 0 Å². The van der Waals surface area contributed by atoms with E-state index in [1.807, 2.05) is 41.8 Å². The molecular formula is C18H11Cl2N3S. The number of aromatic nitrogens is 1. The van der Waals surface area contributed by atoms with E-state index in [0.717, 1.165) is 16.9 Å². The zero-order valence-corrected chi connectivity index (χ0v) is 14.7. The molecular weight excluding hydrogens is 361 g/mol. The third-order valence-electron chi connectivity index (χ3n) is 3.22. The van der Waals surface area contributed by atoms with Gasteiger partial charge in [0.2, 0.25) is 0 Å². The fraction of sp³-hybridized carbons (Fsp3) is 0. The smallest absolute Gasteiger partial charge is 0.136 e. The van der Waals surface area contributed by atoms with Gasteiger partial charge in [-0.3, -0.25) is 0 Å². The summed E-state index contributed by atoms with van der Waals surface area (Å²) >= 11 is 13.5. The molecule has 0 aliphatic rings. The largest absolute Gasteiger partial charge is 0.360 e. The quantitative estimate of drug-likeness (QED) is 0.564. The summed E-state index contributed by atoms with van der Waals surface area (Å²) in [6, 6.07) is 17.1. The summed E-state index contributed by atoms with van der Waals surface area (Å²) in [4.78, 5) is 4.51. The van der Waals surface area contributed by atoms with Gasteiger partial charge in [-0.15, -0.1) is 11.3 Å². The molecule has 118 valence electrons. The van der Waals surface area contributed by atoms with Crippen LogP contribution in [0.25, 0.3) is 16.8 Å². The minimum Gasteiger partial charge on any atom is -0.360 e. The molecule has 3 nitrogen and oxygen atoms in total. The molecule has 0 atom stereocenters. The number of nitrogens with zero attached hydrogens (tertiary/aromatic N) is 2. The number of hydrogen-bond acceptors (Lipinski definition) is 4. The normalized spacial score (nSPS) is 11.1. The third kappa shape index (κ3) is 3.77. The van der Waals surface area contributed by atoms with Crippen molar-refractivity contribution in [1.29, 1.82) is 5.26 Å². The van der Waals surface area contributed by atoms with Gasteiger partial charge < -0.3 is 5.32 Å². The third-order valence-corrected chi connectivity index (χ3v) is 4.64. The Kier molecular flexibility index (Phi) is 5.17. The van der Waals surface area contributed by atoms with Crippen molar-refractivity contribution in [2.24, 2.45) is 0 Å². The highest BCUT2D eigenvalue weighted by Crippen LogP contribution is 2.32. The van der Waals surface area contributed by atoms with E-state index in [0.29, 0.717) is 20.6 Å². The fourth-order valence-corrected chi connectivity index (χ4v) is 3.34. The average Bonchev–Trinajstić information content (AvgIpc) is 3.06. The fourth-order valence-electron chi connectivity index (χ4n) is 2.05. The van der Waals surface area contributed by atoms with Crippen LogP contribution in [-0.4, -0.2) is 4.98 Å². The number of allylic oxidation sites excluding steroid dienone is 1. The van der Waals surface area contributed by atoms with Gasteiger partial charge in [0.05, 0.1) is 10.7 Å². The standard InChI is InChI=1S/C18H11Cl2N3S/c19-13-6-7-15(16(20)8-13)17-11-24-18(23-17)12(9-21)10-22-14-4-2-1-3-5-14/h1-8,10-11,22H/b12-10+. The number of benzene rings is 2. The minimum atomic E-state index is 0.459. The minimum absolute atomic E-state index is 0.459. The molecule has 0 radical (unpaired) electrons. The van der Waals surface area contributed by atoms with E-state index in [-0.39, 0.29) is 0 Å². The Morgan fingerprint density at radius 3 is 2.67 bits per heavy atom. The van der Waals surface area contributed by atoms with Gasteiger partial charge in [0.25, 0.3) is 0 Å². The first kappa shape index (κ1) is 16.5. The molecule has 0 fully saturated rings. The van der Waals surface area contributed by atoms with Crippen LogP contribution in [0.2, 0.25) is 10.0 Å². The number of para-hydroxylation sites is 1. The molecule has 1 heterocycles. The second-order valence-corrected chi connectivity index (χ2v) is 6.54. The molecule has 0 aliphatic carbocycles. The molecule has 0 bridgehead atoms. The Morgan fingerprint density at radius 2 is 1.96 bits per heavy atom. The molecule has 0 unspecified atom stereocenters. The molecule has 1 N–H and O–H groups in total. The number of nitrogens with one attached hydrogen (secondary N) is 1. The maximum Gasteiger partial charge on any atom is 0.136 e.